The van der Waals surface area contributed by atoms with Gasteiger partial charge >= 0.3 is 0 Å². The summed E-state index contributed by atoms with van der Waals surface area (Å²) in [5.41, 5.74) is 4.48. The average molecular weight is 299 g/mol. The number of hydrogen-bond donors (Lipinski definition) is 2. The maximum Gasteiger partial charge on any atom is 0.246 e. The zero-order chi connectivity index (χ0) is 14.4. The van der Waals surface area contributed by atoms with E-state index in [2.05, 4.69) is 34.9 Å². The van der Waals surface area contributed by atoms with Gasteiger partial charge in [0.1, 0.15) is 6.04 Å². The Morgan fingerprint density at radius 2 is 2.00 bits per heavy atom. The van der Waals surface area contributed by atoms with Gasteiger partial charge in [-0.1, -0.05) is 35.9 Å². The Labute approximate surface area is 128 Å². The summed E-state index contributed by atoms with van der Waals surface area (Å²) in [6.07, 6.45) is 2.09. The number of hydrogen-bond acceptors (Lipinski definition) is 2. The second-order valence-electron chi connectivity index (χ2n) is 5.61. The third-order valence-electron chi connectivity index (χ3n) is 4.35. The van der Waals surface area contributed by atoms with Crippen LogP contribution < -0.4 is 10.6 Å². The van der Waals surface area contributed by atoms with Gasteiger partial charge in [-0.2, -0.15) is 0 Å². The zero-order valence-electron chi connectivity index (χ0n) is 11.4. The Bertz CT molecular complexity index is 728. The molecule has 2 atom stereocenters. The van der Waals surface area contributed by atoms with Crippen LogP contribution in [0.15, 0.2) is 42.5 Å². The predicted octanol–water partition coefficient (Wildman–Crippen LogP) is 3.61. The Morgan fingerprint density at radius 1 is 1.14 bits per heavy atom. The summed E-state index contributed by atoms with van der Waals surface area (Å²) in [5, 5.41) is 7.07. The highest BCUT2D eigenvalue weighted by Gasteiger charge is 2.34. The molecule has 2 N–H and O–H groups in total. The fraction of sp³-hybridized carbons (Fsp3) is 0.235. The minimum Gasteiger partial charge on any atom is -0.324 e. The molecular weight excluding hydrogens is 284 g/mol. The quantitative estimate of drug-likeness (QED) is 0.889. The molecule has 4 heteroatoms. The lowest BCUT2D eigenvalue weighted by Crippen LogP contribution is -2.30. The SMILES string of the molecule is O=C1Nc2ccc(Cl)cc2C1NC1CCc2ccccc21. The highest BCUT2D eigenvalue weighted by molar-refractivity contribution is 6.31. The van der Waals surface area contributed by atoms with Crippen molar-refractivity contribution >= 4 is 23.2 Å². The van der Waals surface area contributed by atoms with Gasteiger partial charge in [0, 0.05) is 22.3 Å². The molecule has 0 fully saturated rings. The summed E-state index contributed by atoms with van der Waals surface area (Å²) in [6, 6.07) is 13.9. The van der Waals surface area contributed by atoms with Crippen molar-refractivity contribution < 1.29 is 4.79 Å². The number of anilines is 1. The van der Waals surface area contributed by atoms with Crippen molar-refractivity contribution in [2.75, 3.05) is 5.32 Å². The van der Waals surface area contributed by atoms with Crippen LogP contribution in [-0.2, 0) is 11.2 Å². The first-order valence-corrected chi connectivity index (χ1v) is 7.54. The van der Waals surface area contributed by atoms with Crippen molar-refractivity contribution in [3.63, 3.8) is 0 Å². The van der Waals surface area contributed by atoms with E-state index < -0.39 is 0 Å². The largest absolute Gasteiger partial charge is 0.324 e. The molecule has 0 radical (unpaired) electrons. The van der Waals surface area contributed by atoms with Crippen LogP contribution in [0.1, 0.15) is 35.2 Å². The van der Waals surface area contributed by atoms with Crippen molar-refractivity contribution in [3.8, 4) is 0 Å². The molecule has 1 aliphatic carbocycles. The van der Waals surface area contributed by atoms with Gasteiger partial charge in [-0.3, -0.25) is 10.1 Å². The van der Waals surface area contributed by atoms with Gasteiger partial charge in [0.05, 0.1) is 0 Å². The summed E-state index contributed by atoms with van der Waals surface area (Å²) < 4.78 is 0. The molecule has 1 aliphatic heterocycles. The highest BCUT2D eigenvalue weighted by Crippen LogP contribution is 2.37. The van der Waals surface area contributed by atoms with Crippen LogP contribution in [0.3, 0.4) is 0 Å². The van der Waals surface area contributed by atoms with Gasteiger partial charge in [0.2, 0.25) is 5.91 Å². The normalized spacial score (nSPS) is 22.8. The molecule has 0 aromatic heterocycles. The van der Waals surface area contributed by atoms with Crippen LogP contribution in [0.4, 0.5) is 5.69 Å². The number of carbonyl (C=O) groups is 1. The molecule has 0 bridgehead atoms. The van der Waals surface area contributed by atoms with E-state index >= 15 is 0 Å². The van der Waals surface area contributed by atoms with Gasteiger partial charge in [0.15, 0.2) is 0 Å². The average Bonchev–Trinajstić information content (AvgIpc) is 3.02. The molecule has 2 aromatic carbocycles. The van der Waals surface area contributed by atoms with E-state index in [1.165, 1.54) is 11.1 Å². The van der Waals surface area contributed by atoms with Gasteiger partial charge in [-0.25, -0.2) is 0 Å². The van der Waals surface area contributed by atoms with Crippen LogP contribution in [0.2, 0.25) is 5.02 Å². The summed E-state index contributed by atoms with van der Waals surface area (Å²) in [4.78, 5) is 12.2. The molecule has 4 rings (SSSR count). The second-order valence-corrected chi connectivity index (χ2v) is 6.05. The molecule has 21 heavy (non-hydrogen) atoms. The van der Waals surface area contributed by atoms with Gasteiger partial charge in [-0.05, 0) is 42.2 Å². The number of fused-ring (bicyclic) bond motifs is 2. The third kappa shape index (κ3) is 2.13. The molecule has 2 aromatic rings. The first-order chi connectivity index (χ1) is 10.2. The highest BCUT2D eigenvalue weighted by atomic mass is 35.5. The number of halogens is 1. The molecule has 0 saturated carbocycles. The number of carbonyl (C=O) groups excluding carboxylic acids is 1. The van der Waals surface area contributed by atoms with Gasteiger partial charge in [-0.15, -0.1) is 0 Å². The summed E-state index contributed by atoms with van der Waals surface area (Å²) in [7, 11) is 0. The maximum absolute atomic E-state index is 12.2. The number of amides is 1. The minimum absolute atomic E-state index is 0.00310. The molecule has 1 heterocycles. The first-order valence-electron chi connectivity index (χ1n) is 7.16. The van der Waals surface area contributed by atoms with Gasteiger partial charge < -0.3 is 5.32 Å². The van der Waals surface area contributed by atoms with Crippen molar-refractivity contribution in [2.45, 2.75) is 24.9 Å². The minimum atomic E-state index is -0.324. The van der Waals surface area contributed by atoms with Crippen molar-refractivity contribution in [2.24, 2.45) is 0 Å². The Hall–Kier alpha value is -1.84. The third-order valence-corrected chi connectivity index (χ3v) is 4.58. The van der Waals surface area contributed by atoms with Crippen LogP contribution >= 0.6 is 11.6 Å². The zero-order valence-corrected chi connectivity index (χ0v) is 12.2. The smallest absolute Gasteiger partial charge is 0.246 e. The number of benzene rings is 2. The lowest BCUT2D eigenvalue weighted by Gasteiger charge is -2.19. The fourth-order valence-corrected chi connectivity index (χ4v) is 3.51. The van der Waals surface area contributed by atoms with Gasteiger partial charge in [0.25, 0.3) is 0 Å². The second kappa shape index (κ2) is 4.86. The van der Waals surface area contributed by atoms with Crippen LogP contribution in [-0.4, -0.2) is 5.91 Å². The standard InChI is InChI=1S/C17H15ClN2O/c18-11-6-8-15-13(9-11)16(17(21)20-15)19-14-7-5-10-3-1-2-4-12(10)14/h1-4,6,8-9,14,16,19H,5,7H2,(H,20,21). The summed E-state index contributed by atoms with van der Waals surface area (Å²) >= 11 is 6.07. The van der Waals surface area contributed by atoms with Crippen LogP contribution in [0, 0.1) is 0 Å². The van der Waals surface area contributed by atoms with Crippen LogP contribution in [0.25, 0.3) is 0 Å². The van der Waals surface area contributed by atoms with E-state index in [0.29, 0.717) is 5.02 Å². The van der Waals surface area contributed by atoms with Crippen molar-refractivity contribution in [3.05, 3.63) is 64.2 Å². The van der Waals surface area contributed by atoms with E-state index in [1.807, 2.05) is 12.1 Å². The monoisotopic (exact) mass is 298 g/mol. The Balaban J connectivity index is 1.65. The Kier molecular flexibility index (Phi) is 2.98. The maximum atomic E-state index is 12.2. The molecule has 3 nitrogen and oxygen atoms in total. The molecule has 0 spiro atoms. The van der Waals surface area contributed by atoms with E-state index in [1.54, 1.807) is 6.07 Å². The summed E-state index contributed by atoms with van der Waals surface area (Å²) in [5.74, 6) is -0.00310. The molecule has 1 amide bonds. The predicted molar refractivity (Wildman–Crippen MR) is 83.5 cm³/mol. The van der Waals surface area contributed by atoms with Crippen molar-refractivity contribution in [1.82, 2.24) is 5.32 Å². The lowest BCUT2D eigenvalue weighted by molar-refractivity contribution is -0.117. The Morgan fingerprint density at radius 3 is 2.90 bits per heavy atom. The van der Waals surface area contributed by atoms with E-state index in [0.717, 1.165) is 24.1 Å². The topological polar surface area (TPSA) is 41.1 Å². The number of aryl methyl sites for hydroxylation is 1. The fourth-order valence-electron chi connectivity index (χ4n) is 3.33. The molecule has 0 saturated heterocycles. The number of rotatable bonds is 2. The van der Waals surface area contributed by atoms with Crippen molar-refractivity contribution in [1.29, 1.82) is 0 Å². The summed E-state index contributed by atoms with van der Waals surface area (Å²) in [6.45, 7) is 0. The molecule has 106 valence electrons. The lowest BCUT2D eigenvalue weighted by atomic mass is 10.0. The first kappa shape index (κ1) is 12.9. The molecular formula is C17H15ClN2O. The molecule has 2 unspecified atom stereocenters. The van der Waals surface area contributed by atoms with Crippen LogP contribution in [0.5, 0.6) is 0 Å². The number of nitrogens with one attached hydrogen (secondary N) is 2. The van der Waals surface area contributed by atoms with E-state index in [4.69, 9.17) is 11.6 Å². The van der Waals surface area contributed by atoms with E-state index in [-0.39, 0.29) is 18.0 Å². The van der Waals surface area contributed by atoms with E-state index in [9.17, 15) is 4.79 Å². The molecule has 2 aliphatic rings.